The van der Waals surface area contributed by atoms with Crippen LogP contribution in [-0.2, 0) is 12.8 Å². The summed E-state index contributed by atoms with van der Waals surface area (Å²) in [5.41, 5.74) is 0.689. The summed E-state index contributed by atoms with van der Waals surface area (Å²) < 4.78 is 14.0. The van der Waals surface area contributed by atoms with E-state index in [1.807, 2.05) is 12.1 Å². The van der Waals surface area contributed by atoms with Gasteiger partial charge in [-0.1, -0.05) is 36.7 Å². The molecular formula is C16H19ClFNS. The number of thiophene rings is 1. The van der Waals surface area contributed by atoms with E-state index in [-0.39, 0.29) is 16.9 Å². The maximum Gasteiger partial charge on any atom is 0.145 e. The van der Waals surface area contributed by atoms with Crippen LogP contribution in [-0.4, -0.2) is 12.6 Å². The number of halogens is 2. The van der Waals surface area contributed by atoms with E-state index in [1.54, 1.807) is 17.4 Å². The van der Waals surface area contributed by atoms with Crippen molar-refractivity contribution in [2.45, 2.75) is 32.2 Å². The fourth-order valence-electron chi connectivity index (χ4n) is 2.31. The van der Waals surface area contributed by atoms with E-state index < -0.39 is 0 Å². The predicted octanol–water partition coefficient (Wildman–Crippen LogP) is 4.69. The Balaban J connectivity index is 1.99. The molecule has 0 spiro atoms. The molecule has 1 aromatic heterocycles. The molecule has 1 heterocycles. The van der Waals surface area contributed by atoms with Gasteiger partial charge in [0.2, 0.25) is 0 Å². The lowest BCUT2D eigenvalue weighted by atomic mass is 10.0. The molecule has 1 aromatic carbocycles. The van der Waals surface area contributed by atoms with Crippen LogP contribution in [0, 0.1) is 5.82 Å². The van der Waals surface area contributed by atoms with Crippen molar-refractivity contribution in [1.82, 2.24) is 5.32 Å². The van der Waals surface area contributed by atoms with Crippen LogP contribution in [0.25, 0.3) is 0 Å². The Morgan fingerprint density at radius 1 is 1.30 bits per heavy atom. The van der Waals surface area contributed by atoms with E-state index in [9.17, 15) is 4.39 Å². The number of nitrogens with one attached hydrogen (secondary N) is 1. The van der Waals surface area contributed by atoms with E-state index in [1.165, 1.54) is 4.88 Å². The van der Waals surface area contributed by atoms with Crippen molar-refractivity contribution in [2.75, 3.05) is 6.54 Å². The Bertz CT molecular complexity index is 527. The monoisotopic (exact) mass is 311 g/mol. The molecule has 1 atom stereocenters. The summed E-state index contributed by atoms with van der Waals surface area (Å²) in [7, 11) is 0. The van der Waals surface area contributed by atoms with Crippen molar-refractivity contribution >= 4 is 22.9 Å². The maximum atomic E-state index is 14.0. The van der Waals surface area contributed by atoms with Gasteiger partial charge in [0.1, 0.15) is 5.82 Å². The van der Waals surface area contributed by atoms with Gasteiger partial charge in [0.15, 0.2) is 0 Å². The van der Waals surface area contributed by atoms with Gasteiger partial charge in [0.05, 0.1) is 5.02 Å². The Morgan fingerprint density at radius 3 is 2.85 bits per heavy atom. The first-order chi connectivity index (χ1) is 9.70. The molecular weight excluding hydrogens is 293 g/mol. The lowest BCUT2D eigenvalue weighted by molar-refractivity contribution is 0.481. The summed E-state index contributed by atoms with van der Waals surface area (Å²) in [6, 6.07) is 9.70. The molecule has 0 amide bonds. The van der Waals surface area contributed by atoms with Crippen LogP contribution in [0.1, 0.15) is 23.8 Å². The molecule has 0 aliphatic carbocycles. The topological polar surface area (TPSA) is 12.0 Å². The standard InChI is InChI=1S/C16H19ClFNS/c1-2-19-13(8-9-14-6-4-10-20-14)11-12-5-3-7-15(17)16(12)18/h3-7,10,13,19H,2,8-9,11H2,1H3. The lowest BCUT2D eigenvalue weighted by Gasteiger charge is -2.18. The first kappa shape index (κ1) is 15.5. The molecule has 0 saturated heterocycles. The van der Waals surface area contributed by atoms with Gasteiger partial charge >= 0.3 is 0 Å². The SMILES string of the molecule is CCNC(CCc1cccs1)Cc1cccc(Cl)c1F. The van der Waals surface area contributed by atoms with E-state index in [4.69, 9.17) is 11.6 Å². The highest BCUT2D eigenvalue weighted by atomic mass is 35.5. The number of rotatable bonds is 7. The number of aryl methyl sites for hydroxylation is 1. The Labute approximate surface area is 128 Å². The van der Waals surface area contributed by atoms with E-state index in [2.05, 4.69) is 29.8 Å². The molecule has 0 bridgehead atoms. The maximum absolute atomic E-state index is 14.0. The highest BCUT2D eigenvalue weighted by Gasteiger charge is 2.13. The minimum atomic E-state index is -0.284. The predicted molar refractivity (Wildman–Crippen MR) is 85.2 cm³/mol. The molecule has 108 valence electrons. The zero-order valence-corrected chi connectivity index (χ0v) is 13.1. The van der Waals surface area contributed by atoms with Crippen molar-refractivity contribution in [3.8, 4) is 0 Å². The third kappa shape index (κ3) is 4.30. The molecule has 1 nitrogen and oxygen atoms in total. The average molecular weight is 312 g/mol. The Morgan fingerprint density at radius 2 is 2.15 bits per heavy atom. The van der Waals surface area contributed by atoms with Gasteiger partial charge in [0.25, 0.3) is 0 Å². The second kappa shape index (κ2) is 7.77. The summed E-state index contributed by atoms with van der Waals surface area (Å²) >= 11 is 7.61. The van der Waals surface area contributed by atoms with Crippen LogP contribution in [0.3, 0.4) is 0 Å². The van der Waals surface area contributed by atoms with Crippen molar-refractivity contribution in [1.29, 1.82) is 0 Å². The Kier molecular flexibility index (Phi) is 6.02. The summed E-state index contributed by atoms with van der Waals surface area (Å²) in [4.78, 5) is 1.37. The Hall–Kier alpha value is -0.900. The number of hydrogen-bond donors (Lipinski definition) is 1. The van der Waals surface area contributed by atoms with Crippen LogP contribution < -0.4 is 5.32 Å². The smallest absolute Gasteiger partial charge is 0.145 e. The van der Waals surface area contributed by atoms with Crippen LogP contribution in [0.5, 0.6) is 0 Å². The van der Waals surface area contributed by atoms with Crippen LogP contribution in [0.4, 0.5) is 4.39 Å². The quantitative estimate of drug-likeness (QED) is 0.782. The molecule has 4 heteroatoms. The first-order valence-electron chi connectivity index (χ1n) is 6.89. The largest absolute Gasteiger partial charge is 0.314 e. The molecule has 0 aliphatic heterocycles. The summed E-state index contributed by atoms with van der Waals surface area (Å²) in [6.07, 6.45) is 2.70. The van der Waals surface area contributed by atoms with Gasteiger partial charge in [-0.05, 0) is 48.9 Å². The fraction of sp³-hybridized carbons (Fsp3) is 0.375. The number of likely N-dealkylation sites (N-methyl/N-ethyl adjacent to an activating group) is 1. The fourth-order valence-corrected chi connectivity index (χ4v) is 3.23. The molecule has 0 aliphatic rings. The van der Waals surface area contributed by atoms with E-state index in [0.29, 0.717) is 12.0 Å². The van der Waals surface area contributed by atoms with Crippen molar-refractivity contribution < 1.29 is 4.39 Å². The van der Waals surface area contributed by atoms with Gasteiger partial charge in [-0.15, -0.1) is 11.3 Å². The lowest BCUT2D eigenvalue weighted by Crippen LogP contribution is -2.31. The zero-order valence-electron chi connectivity index (χ0n) is 11.5. The normalized spacial score (nSPS) is 12.6. The minimum Gasteiger partial charge on any atom is -0.314 e. The molecule has 1 N–H and O–H groups in total. The van der Waals surface area contributed by atoms with Crippen molar-refractivity contribution in [3.05, 3.63) is 57.0 Å². The molecule has 0 saturated carbocycles. The third-order valence-electron chi connectivity index (χ3n) is 3.31. The third-order valence-corrected chi connectivity index (χ3v) is 4.54. The van der Waals surface area contributed by atoms with Gasteiger partial charge < -0.3 is 5.32 Å². The van der Waals surface area contributed by atoms with Gasteiger partial charge in [-0.2, -0.15) is 0 Å². The molecule has 1 unspecified atom stereocenters. The second-order valence-corrected chi connectivity index (χ2v) is 6.23. The van der Waals surface area contributed by atoms with E-state index in [0.717, 1.165) is 19.4 Å². The summed E-state index contributed by atoms with van der Waals surface area (Å²) in [5.74, 6) is -0.284. The van der Waals surface area contributed by atoms with Crippen molar-refractivity contribution in [3.63, 3.8) is 0 Å². The minimum absolute atomic E-state index is 0.205. The highest BCUT2D eigenvalue weighted by Crippen LogP contribution is 2.20. The summed E-state index contributed by atoms with van der Waals surface area (Å²) in [5, 5.41) is 5.73. The van der Waals surface area contributed by atoms with Crippen LogP contribution in [0.2, 0.25) is 5.02 Å². The zero-order chi connectivity index (χ0) is 14.4. The average Bonchev–Trinajstić information content (AvgIpc) is 2.94. The second-order valence-electron chi connectivity index (χ2n) is 4.79. The van der Waals surface area contributed by atoms with Crippen LogP contribution in [0.15, 0.2) is 35.7 Å². The van der Waals surface area contributed by atoms with Gasteiger partial charge in [-0.3, -0.25) is 0 Å². The number of hydrogen-bond acceptors (Lipinski definition) is 2. The number of benzene rings is 1. The molecule has 20 heavy (non-hydrogen) atoms. The van der Waals surface area contributed by atoms with Crippen molar-refractivity contribution in [2.24, 2.45) is 0 Å². The van der Waals surface area contributed by atoms with Gasteiger partial charge in [0, 0.05) is 10.9 Å². The molecule has 2 rings (SSSR count). The molecule has 0 radical (unpaired) electrons. The van der Waals surface area contributed by atoms with E-state index >= 15 is 0 Å². The molecule has 2 aromatic rings. The summed E-state index contributed by atoms with van der Waals surface area (Å²) in [6.45, 7) is 2.96. The highest BCUT2D eigenvalue weighted by molar-refractivity contribution is 7.09. The molecule has 0 fully saturated rings. The van der Waals surface area contributed by atoms with Gasteiger partial charge in [-0.25, -0.2) is 4.39 Å². The van der Waals surface area contributed by atoms with Crippen LogP contribution >= 0.6 is 22.9 Å². The first-order valence-corrected chi connectivity index (χ1v) is 8.15.